The quantitative estimate of drug-likeness (QED) is 0.861. The molecular weight excluding hydrogens is 296 g/mol. The van der Waals surface area contributed by atoms with Crippen molar-refractivity contribution in [3.63, 3.8) is 0 Å². The molecule has 0 heterocycles. The van der Waals surface area contributed by atoms with Crippen LogP contribution in [0.1, 0.15) is 31.7 Å². The lowest BCUT2D eigenvalue weighted by Crippen LogP contribution is -2.38. The molecule has 1 aromatic carbocycles. The number of anilines is 1. The van der Waals surface area contributed by atoms with Crippen LogP contribution in [0.5, 0.6) is 0 Å². The molecule has 1 aliphatic rings. The van der Waals surface area contributed by atoms with Crippen molar-refractivity contribution in [2.24, 2.45) is 0 Å². The van der Waals surface area contributed by atoms with Crippen LogP contribution >= 0.6 is 11.8 Å². The zero-order chi connectivity index (χ0) is 15.9. The summed E-state index contributed by atoms with van der Waals surface area (Å²) in [6.07, 6.45) is 3.42. The van der Waals surface area contributed by atoms with Gasteiger partial charge in [0.05, 0.1) is 6.61 Å². The molecule has 0 aromatic heterocycles. The first-order valence-electron chi connectivity index (χ1n) is 7.87. The SMILES string of the molecule is CCSC1CCC(N(C)C(=O)Nc2cccc(COC)c2)C1. The predicted molar refractivity (Wildman–Crippen MR) is 93.5 cm³/mol. The minimum atomic E-state index is -0.0262. The Labute approximate surface area is 137 Å². The van der Waals surface area contributed by atoms with Crippen LogP contribution in [0.15, 0.2) is 24.3 Å². The number of thioether (sulfide) groups is 1. The summed E-state index contributed by atoms with van der Waals surface area (Å²) in [6, 6.07) is 8.13. The second-order valence-corrected chi connectivity index (χ2v) is 7.30. The van der Waals surface area contributed by atoms with Gasteiger partial charge in [-0.25, -0.2) is 4.79 Å². The van der Waals surface area contributed by atoms with Crippen molar-refractivity contribution in [1.82, 2.24) is 4.90 Å². The summed E-state index contributed by atoms with van der Waals surface area (Å²) in [4.78, 5) is 14.3. The largest absolute Gasteiger partial charge is 0.380 e. The first kappa shape index (κ1) is 17.2. The maximum absolute atomic E-state index is 12.4. The highest BCUT2D eigenvalue weighted by Crippen LogP contribution is 2.32. The molecular formula is C17H26N2O2S. The number of benzene rings is 1. The van der Waals surface area contributed by atoms with E-state index in [4.69, 9.17) is 4.74 Å². The second-order valence-electron chi connectivity index (χ2n) is 5.72. The Morgan fingerprint density at radius 3 is 3.00 bits per heavy atom. The average molecular weight is 322 g/mol. The van der Waals surface area contributed by atoms with Gasteiger partial charge in [-0.15, -0.1) is 0 Å². The standard InChI is InChI=1S/C17H26N2O2S/c1-4-22-16-9-8-15(11-16)19(2)17(20)18-14-7-5-6-13(10-14)12-21-3/h5-7,10,15-16H,4,8-9,11-12H2,1-3H3,(H,18,20). The summed E-state index contributed by atoms with van der Waals surface area (Å²) in [5.41, 5.74) is 1.88. The molecule has 2 amide bonds. The summed E-state index contributed by atoms with van der Waals surface area (Å²) in [6.45, 7) is 2.75. The number of hydrogen-bond donors (Lipinski definition) is 1. The fourth-order valence-corrected chi connectivity index (χ4v) is 4.07. The molecule has 2 rings (SSSR count). The highest BCUT2D eigenvalue weighted by molar-refractivity contribution is 7.99. The van der Waals surface area contributed by atoms with Gasteiger partial charge in [0.2, 0.25) is 0 Å². The van der Waals surface area contributed by atoms with Crippen molar-refractivity contribution >= 4 is 23.5 Å². The lowest BCUT2D eigenvalue weighted by Gasteiger charge is -2.25. The van der Waals surface area contributed by atoms with E-state index in [-0.39, 0.29) is 6.03 Å². The Hall–Kier alpha value is -1.20. The molecule has 122 valence electrons. The number of carbonyl (C=O) groups is 1. The molecule has 0 spiro atoms. The van der Waals surface area contributed by atoms with Gasteiger partial charge < -0.3 is 15.0 Å². The van der Waals surface area contributed by atoms with Gasteiger partial charge in [0.1, 0.15) is 0 Å². The highest BCUT2D eigenvalue weighted by atomic mass is 32.2. The Kier molecular flexibility index (Phi) is 6.58. The summed E-state index contributed by atoms with van der Waals surface area (Å²) in [5, 5.41) is 3.69. The Morgan fingerprint density at radius 2 is 2.27 bits per heavy atom. The molecule has 0 bridgehead atoms. The van der Waals surface area contributed by atoms with E-state index in [0.717, 1.165) is 29.8 Å². The lowest BCUT2D eigenvalue weighted by molar-refractivity contribution is 0.185. The van der Waals surface area contributed by atoms with Crippen LogP contribution < -0.4 is 5.32 Å². The summed E-state index contributed by atoms with van der Waals surface area (Å²) in [5.74, 6) is 1.15. The van der Waals surface area contributed by atoms with Gasteiger partial charge in [-0.05, 0) is 42.7 Å². The van der Waals surface area contributed by atoms with Gasteiger partial charge in [-0.1, -0.05) is 19.1 Å². The van der Waals surface area contributed by atoms with Crippen molar-refractivity contribution in [1.29, 1.82) is 0 Å². The van der Waals surface area contributed by atoms with Gasteiger partial charge in [0.15, 0.2) is 0 Å². The van der Waals surface area contributed by atoms with Crippen LogP contribution in [0.2, 0.25) is 0 Å². The molecule has 22 heavy (non-hydrogen) atoms. The van der Waals surface area contributed by atoms with Gasteiger partial charge in [-0.2, -0.15) is 11.8 Å². The fourth-order valence-electron chi connectivity index (χ4n) is 2.94. The van der Waals surface area contributed by atoms with Crippen molar-refractivity contribution < 1.29 is 9.53 Å². The third kappa shape index (κ3) is 4.65. The molecule has 4 nitrogen and oxygen atoms in total. The highest BCUT2D eigenvalue weighted by Gasteiger charge is 2.29. The van der Waals surface area contributed by atoms with Crippen molar-refractivity contribution in [3.8, 4) is 0 Å². The van der Waals surface area contributed by atoms with E-state index in [2.05, 4.69) is 12.2 Å². The molecule has 1 saturated carbocycles. The normalized spacial score (nSPS) is 20.9. The van der Waals surface area contributed by atoms with Crippen LogP contribution in [-0.4, -0.2) is 42.1 Å². The van der Waals surface area contributed by atoms with E-state index in [1.54, 1.807) is 7.11 Å². The van der Waals surface area contributed by atoms with Crippen LogP contribution in [0, 0.1) is 0 Å². The van der Waals surface area contributed by atoms with E-state index in [1.165, 1.54) is 6.42 Å². The van der Waals surface area contributed by atoms with Gasteiger partial charge in [-0.3, -0.25) is 0 Å². The van der Waals surface area contributed by atoms with Gasteiger partial charge in [0.25, 0.3) is 0 Å². The van der Waals surface area contributed by atoms with Gasteiger partial charge >= 0.3 is 6.03 Å². The smallest absolute Gasteiger partial charge is 0.321 e. The molecule has 1 aliphatic carbocycles. The number of nitrogens with zero attached hydrogens (tertiary/aromatic N) is 1. The number of hydrogen-bond acceptors (Lipinski definition) is 3. The molecule has 2 atom stereocenters. The van der Waals surface area contributed by atoms with Crippen LogP contribution in [0.4, 0.5) is 10.5 Å². The average Bonchev–Trinajstić information content (AvgIpc) is 2.96. The first-order valence-corrected chi connectivity index (χ1v) is 8.92. The number of carbonyl (C=O) groups excluding carboxylic acids is 1. The fraction of sp³-hybridized carbons (Fsp3) is 0.588. The minimum Gasteiger partial charge on any atom is -0.380 e. The van der Waals surface area contributed by atoms with E-state index in [0.29, 0.717) is 17.9 Å². The van der Waals surface area contributed by atoms with E-state index < -0.39 is 0 Å². The Bertz CT molecular complexity index is 495. The van der Waals surface area contributed by atoms with E-state index in [1.807, 2.05) is 48.0 Å². The number of nitrogens with one attached hydrogen (secondary N) is 1. The molecule has 0 radical (unpaired) electrons. The summed E-state index contributed by atoms with van der Waals surface area (Å²) < 4.78 is 5.13. The van der Waals surface area contributed by atoms with Crippen molar-refractivity contribution in [2.45, 2.75) is 44.1 Å². The summed E-state index contributed by atoms with van der Waals surface area (Å²) in [7, 11) is 3.57. The predicted octanol–water partition coefficient (Wildman–Crippen LogP) is 3.97. The van der Waals surface area contributed by atoms with Crippen molar-refractivity contribution in [2.75, 3.05) is 25.2 Å². The third-order valence-corrected chi connectivity index (χ3v) is 5.35. The maximum Gasteiger partial charge on any atom is 0.321 e. The summed E-state index contributed by atoms with van der Waals surface area (Å²) >= 11 is 2.01. The Morgan fingerprint density at radius 1 is 1.45 bits per heavy atom. The van der Waals surface area contributed by atoms with Crippen molar-refractivity contribution in [3.05, 3.63) is 29.8 Å². The van der Waals surface area contributed by atoms with Crippen LogP contribution in [-0.2, 0) is 11.3 Å². The Balaban J connectivity index is 1.90. The molecule has 2 unspecified atom stereocenters. The van der Waals surface area contributed by atoms with E-state index in [9.17, 15) is 4.79 Å². The zero-order valence-corrected chi connectivity index (χ0v) is 14.5. The molecule has 0 saturated heterocycles. The third-order valence-electron chi connectivity index (χ3n) is 4.12. The second kappa shape index (κ2) is 8.44. The minimum absolute atomic E-state index is 0.0262. The molecule has 5 heteroatoms. The topological polar surface area (TPSA) is 41.6 Å². The number of rotatable bonds is 6. The zero-order valence-electron chi connectivity index (χ0n) is 13.7. The number of urea groups is 1. The number of methoxy groups -OCH3 is 1. The molecule has 0 aliphatic heterocycles. The first-order chi connectivity index (χ1) is 10.6. The number of ether oxygens (including phenoxy) is 1. The van der Waals surface area contributed by atoms with Crippen LogP contribution in [0.25, 0.3) is 0 Å². The van der Waals surface area contributed by atoms with Gasteiger partial charge in [0, 0.05) is 31.1 Å². The monoisotopic (exact) mass is 322 g/mol. The molecule has 1 aromatic rings. The molecule has 1 fully saturated rings. The lowest BCUT2D eigenvalue weighted by atomic mass is 10.2. The van der Waals surface area contributed by atoms with E-state index >= 15 is 0 Å². The maximum atomic E-state index is 12.4. The molecule has 1 N–H and O–H groups in total. The van der Waals surface area contributed by atoms with Crippen LogP contribution in [0.3, 0.4) is 0 Å². The number of amides is 2.